The fourth-order valence-electron chi connectivity index (χ4n) is 2.28. The highest BCUT2D eigenvalue weighted by Gasteiger charge is 2.08. The fraction of sp³-hybridized carbons (Fsp3) is 0. The van der Waals surface area contributed by atoms with Crippen molar-refractivity contribution in [3.05, 3.63) is 60.2 Å². The van der Waals surface area contributed by atoms with Gasteiger partial charge in [0.1, 0.15) is 4.99 Å². The molecule has 3 aromatic rings. The molecular formula is C15H11NS. The van der Waals surface area contributed by atoms with E-state index in [0.29, 0.717) is 4.99 Å². The van der Waals surface area contributed by atoms with Crippen LogP contribution in [-0.2, 0) is 0 Å². The summed E-state index contributed by atoms with van der Waals surface area (Å²) < 4.78 is 0. The minimum absolute atomic E-state index is 0.456. The van der Waals surface area contributed by atoms with Gasteiger partial charge in [-0.25, -0.2) is 0 Å². The average Bonchev–Trinajstić information content (AvgIpc) is 2.35. The number of hydrogen-bond donors (Lipinski definition) is 1. The van der Waals surface area contributed by atoms with E-state index in [1.807, 2.05) is 24.3 Å². The summed E-state index contributed by atoms with van der Waals surface area (Å²) in [6.07, 6.45) is 0. The van der Waals surface area contributed by atoms with E-state index in [-0.39, 0.29) is 0 Å². The monoisotopic (exact) mass is 237 g/mol. The van der Waals surface area contributed by atoms with Crippen LogP contribution in [0.2, 0.25) is 0 Å². The molecule has 0 unspecified atom stereocenters. The smallest absolute Gasteiger partial charge is 0.105 e. The van der Waals surface area contributed by atoms with Crippen LogP contribution in [0.25, 0.3) is 21.5 Å². The summed E-state index contributed by atoms with van der Waals surface area (Å²) in [5, 5.41) is 4.60. The van der Waals surface area contributed by atoms with Crippen LogP contribution in [0.1, 0.15) is 5.56 Å². The lowest BCUT2D eigenvalue weighted by molar-refractivity contribution is 1.71. The number of fused-ring (bicyclic) bond motifs is 2. The largest absolute Gasteiger partial charge is 0.389 e. The standard InChI is InChI=1S/C15H11NS/c16-15(17)14-12-7-3-1-5-10(12)9-11-6-2-4-8-13(11)14/h1-9H,(H2,16,17). The molecule has 17 heavy (non-hydrogen) atoms. The van der Waals surface area contributed by atoms with Gasteiger partial charge in [-0.3, -0.25) is 0 Å². The Hall–Kier alpha value is -1.93. The number of hydrogen-bond acceptors (Lipinski definition) is 1. The van der Waals surface area contributed by atoms with Gasteiger partial charge in [0.2, 0.25) is 0 Å². The van der Waals surface area contributed by atoms with Crippen molar-refractivity contribution in [3.63, 3.8) is 0 Å². The molecule has 0 heterocycles. The number of rotatable bonds is 1. The molecule has 0 aliphatic carbocycles. The van der Waals surface area contributed by atoms with E-state index in [2.05, 4.69) is 30.3 Å². The Morgan fingerprint density at radius 1 is 0.824 bits per heavy atom. The summed E-state index contributed by atoms with van der Waals surface area (Å²) in [7, 11) is 0. The van der Waals surface area contributed by atoms with Crippen LogP contribution in [0.5, 0.6) is 0 Å². The van der Waals surface area contributed by atoms with Gasteiger partial charge < -0.3 is 5.73 Å². The third-order valence-corrected chi connectivity index (χ3v) is 3.22. The van der Waals surface area contributed by atoms with Crippen LogP contribution < -0.4 is 5.73 Å². The molecule has 0 amide bonds. The lowest BCUT2D eigenvalue weighted by atomic mass is 9.97. The van der Waals surface area contributed by atoms with Crippen molar-refractivity contribution in [1.29, 1.82) is 0 Å². The lowest BCUT2D eigenvalue weighted by Gasteiger charge is -2.09. The van der Waals surface area contributed by atoms with Gasteiger partial charge in [-0.15, -0.1) is 0 Å². The molecule has 1 nitrogen and oxygen atoms in total. The van der Waals surface area contributed by atoms with E-state index in [9.17, 15) is 0 Å². The molecule has 0 saturated heterocycles. The van der Waals surface area contributed by atoms with Gasteiger partial charge in [-0.1, -0.05) is 60.7 Å². The molecule has 0 aromatic heterocycles. The molecule has 3 aromatic carbocycles. The van der Waals surface area contributed by atoms with E-state index < -0.39 is 0 Å². The summed E-state index contributed by atoms with van der Waals surface area (Å²) in [5.41, 5.74) is 6.86. The lowest BCUT2D eigenvalue weighted by Crippen LogP contribution is -2.10. The van der Waals surface area contributed by atoms with E-state index in [4.69, 9.17) is 18.0 Å². The molecule has 82 valence electrons. The van der Waals surface area contributed by atoms with Crippen LogP contribution in [0, 0.1) is 0 Å². The van der Waals surface area contributed by atoms with Gasteiger partial charge in [0.15, 0.2) is 0 Å². The highest BCUT2D eigenvalue weighted by Crippen LogP contribution is 2.28. The van der Waals surface area contributed by atoms with Gasteiger partial charge in [0.05, 0.1) is 0 Å². The molecule has 2 N–H and O–H groups in total. The predicted octanol–water partition coefficient (Wildman–Crippen LogP) is 3.63. The van der Waals surface area contributed by atoms with Crippen LogP contribution in [0.4, 0.5) is 0 Å². The van der Waals surface area contributed by atoms with Gasteiger partial charge in [0.25, 0.3) is 0 Å². The zero-order valence-corrected chi connectivity index (χ0v) is 10.00. The summed E-state index contributed by atoms with van der Waals surface area (Å²) in [4.78, 5) is 0.456. The average molecular weight is 237 g/mol. The summed E-state index contributed by atoms with van der Waals surface area (Å²) in [6.45, 7) is 0. The zero-order valence-electron chi connectivity index (χ0n) is 9.18. The molecule has 0 spiro atoms. The van der Waals surface area contributed by atoms with Crippen molar-refractivity contribution in [2.45, 2.75) is 0 Å². The second-order valence-corrected chi connectivity index (χ2v) is 4.50. The first-order valence-electron chi connectivity index (χ1n) is 5.47. The van der Waals surface area contributed by atoms with Crippen LogP contribution in [0.3, 0.4) is 0 Å². The molecule has 0 aliphatic rings. The normalized spacial score (nSPS) is 10.8. The van der Waals surface area contributed by atoms with Crippen molar-refractivity contribution in [2.24, 2.45) is 5.73 Å². The highest BCUT2D eigenvalue weighted by molar-refractivity contribution is 7.80. The van der Waals surface area contributed by atoms with Crippen molar-refractivity contribution >= 4 is 38.8 Å². The van der Waals surface area contributed by atoms with Crippen molar-refractivity contribution in [3.8, 4) is 0 Å². The third-order valence-electron chi connectivity index (χ3n) is 3.02. The predicted molar refractivity (Wildman–Crippen MR) is 77.3 cm³/mol. The number of nitrogens with two attached hydrogens (primary N) is 1. The molecular weight excluding hydrogens is 226 g/mol. The highest BCUT2D eigenvalue weighted by atomic mass is 32.1. The van der Waals surface area contributed by atoms with E-state index in [1.165, 1.54) is 10.8 Å². The molecule has 0 fully saturated rings. The van der Waals surface area contributed by atoms with Gasteiger partial charge in [-0.05, 0) is 27.6 Å². The Kier molecular flexibility index (Phi) is 2.30. The second kappa shape index (κ2) is 3.82. The maximum absolute atomic E-state index is 5.88. The minimum Gasteiger partial charge on any atom is -0.389 e. The number of benzene rings is 3. The van der Waals surface area contributed by atoms with E-state index in [0.717, 1.165) is 16.3 Å². The van der Waals surface area contributed by atoms with Crippen molar-refractivity contribution in [2.75, 3.05) is 0 Å². The molecule has 0 atom stereocenters. The molecule has 2 heteroatoms. The molecule has 0 aliphatic heterocycles. The minimum atomic E-state index is 0.456. The molecule has 0 radical (unpaired) electrons. The van der Waals surface area contributed by atoms with E-state index in [1.54, 1.807) is 0 Å². The second-order valence-electron chi connectivity index (χ2n) is 4.06. The SMILES string of the molecule is NC(=S)c1c2ccccc2cc2ccccc12. The molecule has 0 bridgehead atoms. The molecule has 3 rings (SSSR count). The quantitative estimate of drug-likeness (QED) is 0.516. The Bertz CT molecular complexity index is 677. The van der Waals surface area contributed by atoms with Crippen LogP contribution in [0.15, 0.2) is 54.6 Å². The maximum atomic E-state index is 5.88. The first-order valence-corrected chi connectivity index (χ1v) is 5.88. The number of thiocarbonyl (C=S) groups is 1. The van der Waals surface area contributed by atoms with Crippen LogP contribution in [-0.4, -0.2) is 4.99 Å². The maximum Gasteiger partial charge on any atom is 0.105 e. The van der Waals surface area contributed by atoms with Gasteiger partial charge in [0, 0.05) is 5.56 Å². The fourth-order valence-corrected chi connectivity index (χ4v) is 2.50. The van der Waals surface area contributed by atoms with Gasteiger partial charge in [-0.2, -0.15) is 0 Å². The Morgan fingerprint density at radius 3 is 1.76 bits per heavy atom. The van der Waals surface area contributed by atoms with Crippen LogP contribution >= 0.6 is 12.2 Å². The Balaban J connectivity index is 2.61. The summed E-state index contributed by atoms with van der Waals surface area (Å²) in [6, 6.07) is 18.6. The zero-order chi connectivity index (χ0) is 11.8. The summed E-state index contributed by atoms with van der Waals surface area (Å²) in [5.74, 6) is 0. The Morgan fingerprint density at radius 2 is 1.29 bits per heavy atom. The van der Waals surface area contributed by atoms with Crippen molar-refractivity contribution in [1.82, 2.24) is 0 Å². The van der Waals surface area contributed by atoms with Gasteiger partial charge >= 0.3 is 0 Å². The topological polar surface area (TPSA) is 26.0 Å². The molecule has 0 saturated carbocycles. The first kappa shape index (κ1) is 10.2. The Labute approximate surface area is 105 Å². The third kappa shape index (κ3) is 1.58. The van der Waals surface area contributed by atoms with E-state index >= 15 is 0 Å². The van der Waals surface area contributed by atoms with Crippen molar-refractivity contribution < 1.29 is 0 Å². The first-order chi connectivity index (χ1) is 8.27. The summed E-state index contributed by atoms with van der Waals surface area (Å²) >= 11 is 5.19.